The van der Waals surface area contributed by atoms with Crippen LogP contribution in [0.4, 0.5) is 0 Å². The first-order valence-corrected chi connectivity index (χ1v) is 6.88. The average Bonchev–Trinajstić information content (AvgIpc) is 1.98. The molecule has 6 heteroatoms. The van der Waals surface area contributed by atoms with E-state index in [0.717, 1.165) is 0 Å². The third kappa shape index (κ3) is 6.06. The molecule has 0 radical (unpaired) electrons. The zero-order valence-corrected chi connectivity index (χ0v) is 11.3. The molecule has 0 rings (SSSR count). The lowest BCUT2D eigenvalue weighted by molar-refractivity contribution is 0.252. The normalized spacial score (nSPS) is 13.1. The molecule has 15 heavy (non-hydrogen) atoms. The van der Waals surface area contributed by atoms with Crippen LogP contribution >= 0.6 is 12.2 Å². The molecule has 90 valence electrons. The number of sulfonamides is 1. The Labute approximate surface area is 97.7 Å². The number of rotatable bonds is 6. The van der Waals surface area contributed by atoms with Gasteiger partial charge in [0.05, 0.1) is 4.99 Å². The van der Waals surface area contributed by atoms with E-state index in [1.165, 1.54) is 0 Å². The maximum absolute atomic E-state index is 11.4. The first kappa shape index (κ1) is 14.8. The Morgan fingerprint density at radius 1 is 1.47 bits per heavy atom. The highest BCUT2D eigenvalue weighted by Gasteiger charge is 2.24. The quantitative estimate of drug-likeness (QED) is 0.688. The first-order chi connectivity index (χ1) is 6.57. The molecule has 0 aliphatic carbocycles. The zero-order valence-electron chi connectivity index (χ0n) is 9.70. The molecular weight excluding hydrogens is 232 g/mol. The van der Waals surface area contributed by atoms with Crippen LogP contribution in [0.15, 0.2) is 0 Å². The van der Waals surface area contributed by atoms with Crippen molar-refractivity contribution in [3.8, 4) is 0 Å². The third-order valence-electron chi connectivity index (χ3n) is 2.64. The van der Waals surface area contributed by atoms with Gasteiger partial charge in [-0.3, -0.25) is 0 Å². The molecule has 0 aromatic carbocycles. The summed E-state index contributed by atoms with van der Waals surface area (Å²) in [5.41, 5.74) is 5.11. The van der Waals surface area contributed by atoms with Crippen molar-refractivity contribution >= 4 is 27.2 Å². The lowest BCUT2D eigenvalue weighted by Crippen LogP contribution is -2.40. The van der Waals surface area contributed by atoms with Gasteiger partial charge in [0.15, 0.2) is 0 Å². The number of hydrogen-bond acceptors (Lipinski definition) is 3. The Balaban J connectivity index is 4.33. The van der Waals surface area contributed by atoms with Crippen LogP contribution in [0.5, 0.6) is 0 Å². The monoisotopic (exact) mass is 252 g/mol. The molecular formula is C9H20N2O2S2. The van der Waals surface area contributed by atoms with E-state index in [1.807, 2.05) is 13.8 Å². The van der Waals surface area contributed by atoms with Crippen LogP contribution in [0.1, 0.15) is 27.7 Å². The fourth-order valence-electron chi connectivity index (χ4n) is 0.738. The summed E-state index contributed by atoms with van der Waals surface area (Å²) < 4.78 is 25.4. The average molecular weight is 252 g/mol. The van der Waals surface area contributed by atoms with E-state index in [4.69, 9.17) is 5.73 Å². The number of nitrogens with one attached hydrogen (secondary N) is 1. The Bertz CT molecular complexity index is 321. The van der Waals surface area contributed by atoms with Crippen LogP contribution in [0.2, 0.25) is 0 Å². The minimum absolute atomic E-state index is 0.00940. The van der Waals surface area contributed by atoms with Gasteiger partial charge in [-0.1, -0.05) is 39.9 Å². The van der Waals surface area contributed by atoms with Gasteiger partial charge in [-0.05, 0) is 11.3 Å². The fraction of sp³-hybridized carbons (Fsp3) is 0.889. The number of thiocarbonyl (C=S) groups is 1. The minimum Gasteiger partial charge on any atom is -0.392 e. The first-order valence-electron chi connectivity index (χ1n) is 4.82. The predicted octanol–water partition coefficient (Wildman–Crippen LogP) is 0.874. The Kier molecular flexibility index (Phi) is 5.16. The standard InChI is InChI=1S/C9H20N2O2S2/c1-7(2)9(3,4)6-11-15(12,13)5-8(10)14/h7,11H,5-6H2,1-4H3,(H2,10,14). The van der Waals surface area contributed by atoms with Crippen molar-refractivity contribution in [1.29, 1.82) is 0 Å². The van der Waals surface area contributed by atoms with E-state index in [-0.39, 0.29) is 16.2 Å². The number of hydrogen-bond donors (Lipinski definition) is 2. The molecule has 4 nitrogen and oxygen atoms in total. The van der Waals surface area contributed by atoms with E-state index >= 15 is 0 Å². The van der Waals surface area contributed by atoms with Gasteiger partial charge in [0, 0.05) is 6.54 Å². The maximum Gasteiger partial charge on any atom is 0.218 e. The van der Waals surface area contributed by atoms with E-state index in [9.17, 15) is 8.42 Å². The predicted molar refractivity (Wildman–Crippen MR) is 67.2 cm³/mol. The van der Waals surface area contributed by atoms with Gasteiger partial charge in [0.25, 0.3) is 0 Å². The Hall–Kier alpha value is -0.200. The molecule has 0 aliphatic rings. The summed E-state index contributed by atoms with van der Waals surface area (Å²) in [5.74, 6) is 0.112. The van der Waals surface area contributed by atoms with E-state index < -0.39 is 10.0 Å². The van der Waals surface area contributed by atoms with Crippen molar-refractivity contribution in [2.24, 2.45) is 17.1 Å². The lowest BCUT2D eigenvalue weighted by Gasteiger charge is -2.29. The van der Waals surface area contributed by atoms with Crippen LogP contribution in [0.3, 0.4) is 0 Å². The summed E-state index contributed by atoms with van der Waals surface area (Å²) in [6.07, 6.45) is 0. The van der Waals surface area contributed by atoms with Crippen LogP contribution < -0.4 is 10.5 Å². The highest BCUT2D eigenvalue weighted by Crippen LogP contribution is 2.24. The van der Waals surface area contributed by atoms with Gasteiger partial charge in [0.2, 0.25) is 10.0 Å². The fourth-order valence-corrected chi connectivity index (χ4v) is 2.27. The summed E-state index contributed by atoms with van der Waals surface area (Å²) in [5, 5.41) is 0. The SMILES string of the molecule is CC(C)C(C)(C)CNS(=O)(=O)CC(N)=S. The van der Waals surface area contributed by atoms with Gasteiger partial charge in [0.1, 0.15) is 5.75 Å². The minimum atomic E-state index is -3.36. The third-order valence-corrected chi connectivity index (χ3v) is 4.25. The summed E-state index contributed by atoms with van der Waals surface area (Å²) in [7, 11) is -3.36. The Morgan fingerprint density at radius 2 is 1.93 bits per heavy atom. The topological polar surface area (TPSA) is 72.2 Å². The lowest BCUT2D eigenvalue weighted by atomic mass is 9.81. The maximum atomic E-state index is 11.4. The highest BCUT2D eigenvalue weighted by molar-refractivity contribution is 7.92. The molecule has 0 atom stereocenters. The smallest absolute Gasteiger partial charge is 0.218 e. The molecule has 0 heterocycles. The molecule has 0 aliphatic heterocycles. The largest absolute Gasteiger partial charge is 0.392 e. The van der Waals surface area contributed by atoms with Crippen molar-refractivity contribution < 1.29 is 8.42 Å². The molecule has 0 saturated carbocycles. The zero-order chi connectivity index (χ0) is 12.3. The van der Waals surface area contributed by atoms with Crippen molar-refractivity contribution in [3.05, 3.63) is 0 Å². The second-order valence-corrected chi connectivity index (χ2v) is 7.02. The van der Waals surface area contributed by atoms with Crippen molar-refractivity contribution in [2.75, 3.05) is 12.3 Å². The molecule has 0 unspecified atom stereocenters. The van der Waals surface area contributed by atoms with Crippen molar-refractivity contribution in [2.45, 2.75) is 27.7 Å². The van der Waals surface area contributed by atoms with Gasteiger partial charge in [-0.25, -0.2) is 13.1 Å². The molecule has 0 aromatic heterocycles. The molecule has 0 amide bonds. The van der Waals surface area contributed by atoms with E-state index in [2.05, 4.69) is 30.8 Å². The summed E-state index contributed by atoms with van der Waals surface area (Å²) in [6.45, 7) is 8.54. The number of nitrogens with two attached hydrogens (primary N) is 1. The summed E-state index contributed by atoms with van der Waals surface area (Å²) >= 11 is 4.56. The van der Waals surface area contributed by atoms with Gasteiger partial charge in [-0.15, -0.1) is 0 Å². The van der Waals surface area contributed by atoms with Crippen LogP contribution in [-0.2, 0) is 10.0 Å². The van der Waals surface area contributed by atoms with Crippen LogP contribution in [-0.4, -0.2) is 25.7 Å². The van der Waals surface area contributed by atoms with Crippen LogP contribution in [0.25, 0.3) is 0 Å². The summed E-state index contributed by atoms with van der Waals surface area (Å²) in [6, 6.07) is 0. The van der Waals surface area contributed by atoms with Gasteiger partial charge >= 0.3 is 0 Å². The van der Waals surface area contributed by atoms with E-state index in [0.29, 0.717) is 12.5 Å². The van der Waals surface area contributed by atoms with Gasteiger partial charge in [-0.2, -0.15) is 0 Å². The molecule has 0 spiro atoms. The Morgan fingerprint density at radius 3 is 2.27 bits per heavy atom. The molecule has 0 aromatic rings. The van der Waals surface area contributed by atoms with Crippen molar-refractivity contribution in [3.63, 3.8) is 0 Å². The van der Waals surface area contributed by atoms with Crippen molar-refractivity contribution in [1.82, 2.24) is 4.72 Å². The molecule has 0 bridgehead atoms. The van der Waals surface area contributed by atoms with Gasteiger partial charge < -0.3 is 5.73 Å². The van der Waals surface area contributed by atoms with Crippen LogP contribution in [0, 0.1) is 11.3 Å². The molecule has 0 saturated heterocycles. The molecule has 0 fully saturated rings. The highest BCUT2D eigenvalue weighted by atomic mass is 32.2. The van der Waals surface area contributed by atoms with E-state index in [1.54, 1.807) is 0 Å². The molecule has 3 N–H and O–H groups in total. The second-order valence-electron chi connectivity index (χ2n) is 4.69. The summed E-state index contributed by atoms with van der Waals surface area (Å²) in [4.78, 5) is -0.00940. The second kappa shape index (κ2) is 5.23.